The molecule has 2 aromatic rings. The van der Waals surface area contributed by atoms with E-state index in [0.717, 1.165) is 16.5 Å². The number of aromatic nitrogens is 1. The van der Waals surface area contributed by atoms with Crippen LogP contribution in [0.3, 0.4) is 0 Å². The number of fused-ring (bicyclic) bond motifs is 1. The summed E-state index contributed by atoms with van der Waals surface area (Å²) in [5.41, 5.74) is 6.95. The van der Waals surface area contributed by atoms with Crippen molar-refractivity contribution in [1.29, 1.82) is 0 Å². The van der Waals surface area contributed by atoms with Crippen molar-refractivity contribution < 1.29 is 0 Å². The molecule has 1 heterocycles. The van der Waals surface area contributed by atoms with Gasteiger partial charge in [-0.15, -0.1) is 12.4 Å². The van der Waals surface area contributed by atoms with E-state index < -0.39 is 0 Å². The van der Waals surface area contributed by atoms with E-state index in [0.29, 0.717) is 11.6 Å². The van der Waals surface area contributed by atoms with Crippen LogP contribution in [-0.2, 0) is 6.54 Å². The molecule has 3 nitrogen and oxygen atoms in total. The standard InChI is InChI=1S/C10H9ClN2O.ClH/c11-7-1-2-8-6(5-12)3-10(14)13-9(8)4-7;/h1-4H,5,12H2,(H,13,14);1H. The van der Waals surface area contributed by atoms with Gasteiger partial charge >= 0.3 is 0 Å². The molecule has 0 radical (unpaired) electrons. The third-order valence-corrected chi connectivity index (χ3v) is 2.35. The number of nitrogens with one attached hydrogen (secondary N) is 1. The van der Waals surface area contributed by atoms with Crippen molar-refractivity contribution in [3.05, 3.63) is 45.2 Å². The van der Waals surface area contributed by atoms with Gasteiger partial charge in [0, 0.05) is 23.0 Å². The van der Waals surface area contributed by atoms with Crippen LogP contribution in [0.2, 0.25) is 5.02 Å². The molecule has 1 aromatic carbocycles. The van der Waals surface area contributed by atoms with Gasteiger partial charge in [-0.25, -0.2) is 0 Å². The summed E-state index contributed by atoms with van der Waals surface area (Å²) in [6.45, 7) is 0.349. The van der Waals surface area contributed by atoms with Crippen molar-refractivity contribution >= 4 is 34.9 Å². The topological polar surface area (TPSA) is 58.9 Å². The Morgan fingerprint density at radius 1 is 1.33 bits per heavy atom. The van der Waals surface area contributed by atoms with Crippen LogP contribution in [0.5, 0.6) is 0 Å². The Balaban J connectivity index is 0.00000112. The predicted molar refractivity (Wildman–Crippen MR) is 64.7 cm³/mol. The Hall–Kier alpha value is -1.03. The Bertz CT molecular complexity index is 536. The molecule has 0 fully saturated rings. The molecule has 0 saturated heterocycles. The second-order valence-electron chi connectivity index (χ2n) is 3.05. The van der Waals surface area contributed by atoms with Crippen molar-refractivity contribution in [2.75, 3.05) is 0 Å². The largest absolute Gasteiger partial charge is 0.326 e. The highest BCUT2D eigenvalue weighted by Crippen LogP contribution is 2.18. The van der Waals surface area contributed by atoms with Crippen LogP contribution in [0.15, 0.2) is 29.1 Å². The van der Waals surface area contributed by atoms with E-state index in [-0.39, 0.29) is 18.0 Å². The Kier molecular flexibility index (Phi) is 3.74. The molecule has 2 rings (SSSR count). The summed E-state index contributed by atoms with van der Waals surface area (Å²) in [6.07, 6.45) is 0. The van der Waals surface area contributed by atoms with E-state index in [9.17, 15) is 4.79 Å². The zero-order valence-electron chi connectivity index (χ0n) is 7.79. The highest BCUT2D eigenvalue weighted by atomic mass is 35.5. The lowest BCUT2D eigenvalue weighted by Crippen LogP contribution is -2.09. The molecule has 0 aliphatic carbocycles. The van der Waals surface area contributed by atoms with Gasteiger partial charge in [0.1, 0.15) is 0 Å². The number of aromatic amines is 1. The molecular formula is C10H10Cl2N2O. The molecule has 0 atom stereocenters. The minimum Gasteiger partial charge on any atom is -0.326 e. The minimum atomic E-state index is -0.153. The van der Waals surface area contributed by atoms with Crippen molar-refractivity contribution in [3.63, 3.8) is 0 Å². The number of nitrogens with two attached hydrogens (primary N) is 1. The maximum Gasteiger partial charge on any atom is 0.248 e. The fraction of sp³-hybridized carbons (Fsp3) is 0.100. The van der Waals surface area contributed by atoms with Crippen molar-refractivity contribution in [2.45, 2.75) is 6.54 Å². The molecule has 15 heavy (non-hydrogen) atoms. The van der Waals surface area contributed by atoms with Crippen LogP contribution in [0, 0.1) is 0 Å². The fourth-order valence-corrected chi connectivity index (χ4v) is 1.65. The molecule has 0 amide bonds. The summed E-state index contributed by atoms with van der Waals surface area (Å²) in [4.78, 5) is 13.9. The molecule has 0 aliphatic heterocycles. The van der Waals surface area contributed by atoms with Crippen LogP contribution < -0.4 is 11.3 Å². The number of rotatable bonds is 1. The average molecular weight is 245 g/mol. The molecule has 1 aromatic heterocycles. The Morgan fingerprint density at radius 3 is 2.73 bits per heavy atom. The van der Waals surface area contributed by atoms with E-state index >= 15 is 0 Å². The van der Waals surface area contributed by atoms with E-state index in [1.54, 1.807) is 12.1 Å². The highest BCUT2D eigenvalue weighted by molar-refractivity contribution is 6.31. The first-order valence-corrected chi connectivity index (χ1v) is 4.60. The molecule has 0 unspecified atom stereocenters. The SMILES string of the molecule is Cl.NCc1cc(=O)[nH]c2cc(Cl)ccc12. The number of benzene rings is 1. The summed E-state index contributed by atoms with van der Waals surface area (Å²) in [7, 11) is 0. The maximum atomic E-state index is 11.2. The van der Waals surface area contributed by atoms with Gasteiger partial charge in [-0.2, -0.15) is 0 Å². The van der Waals surface area contributed by atoms with Gasteiger partial charge in [-0.05, 0) is 17.7 Å². The van der Waals surface area contributed by atoms with Gasteiger partial charge < -0.3 is 10.7 Å². The number of hydrogen-bond donors (Lipinski definition) is 2. The molecule has 0 saturated carbocycles. The predicted octanol–water partition coefficient (Wildman–Crippen LogP) is 2.06. The quantitative estimate of drug-likeness (QED) is 0.807. The van der Waals surface area contributed by atoms with Crippen LogP contribution in [0.4, 0.5) is 0 Å². The second kappa shape index (κ2) is 4.66. The molecular weight excluding hydrogens is 235 g/mol. The first kappa shape index (κ1) is 12.0. The fourth-order valence-electron chi connectivity index (χ4n) is 1.47. The van der Waals surface area contributed by atoms with Gasteiger partial charge in [0.2, 0.25) is 5.56 Å². The molecule has 0 aliphatic rings. The molecule has 0 bridgehead atoms. The maximum absolute atomic E-state index is 11.2. The summed E-state index contributed by atoms with van der Waals surface area (Å²) in [6, 6.07) is 6.87. The lowest BCUT2D eigenvalue weighted by Gasteiger charge is -2.03. The number of hydrogen-bond acceptors (Lipinski definition) is 2. The molecule has 5 heteroatoms. The smallest absolute Gasteiger partial charge is 0.248 e. The number of H-pyrrole nitrogens is 1. The van der Waals surface area contributed by atoms with Crippen molar-refractivity contribution in [2.24, 2.45) is 5.73 Å². The van der Waals surface area contributed by atoms with Crippen LogP contribution in [0.1, 0.15) is 5.56 Å². The summed E-state index contributed by atoms with van der Waals surface area (Å²) >= 11 is 5.81. The third-order valence-electron chi connectivity index (χ3n) is 2.11. The van der Waals surface area contributed by atoms with Crippen LogP contribution >= 0.6 is 24.0 Å². The van der Waals surface area contributed by atoms with Gasteiger partial charge in [0.05, 0.1) is 5.52 Å². The number of pyridine rings is 1. The van der Waals surface area contributed by atoms with Crippen molar-refractivity contribution in [1.82, 2.24) is 4.98 Å². The Labute approximate surface area is 97.7 Å². The molecule has 3 N–H and O–H groups in total. The Morgan fingerprint density at radius 2 is 2.07 bits per heavy atom. The zero-order valence-corrected chi connectivity index (χ0v) is 9.36. The minimum absolute atomic E-state index is 0. The van der Waals surface area contributed by atoms with Gasteiger partial charge in [-0.1, -0.05) is 17.7 Å². The van der Waals surface area contributed by atoms with Crippen molar-refractivity contribution in [3.8, 4) is 0 Å². The van der Waals surface area contributed by atoms with E-state index in [1.165, 1.54) is 6.07 Å². The number of halogens is 2. The third kappa shape index (κ3) is 2.31. The normalized spacial score (nSPS) is 10.0. The van der Waals surface area contributed by atoms with E-state index in [1.807, 2.05) is 6.07 Å². The average Bonchev–Trinajstić information content (AvgIpc) is 2.15. The lowest BCUT2D eigenvalue weighted by atomic mass is 10.1. The summed E-state index contributed by atoms with van der Waals surface area (Å²) in [5.74, 6) is 0. The first-order chi connectivity index (χ1) is 6.70. The molecule has 80 valence electrons. The van der Waals surface area contributed by atoms with Gasteiger partial charge in [0.15, 0.2) is 0 Å². The second-order valence-corrected chi connectivity index (χ2v) is 3.49. The first-order valence-electron chi connectivity index (χ1n) is 4.22. The summed E-state index contributed by atoms with van der Waals surface area (Å²) in [5, 5.41) is 1.54. The van der Waals surface area contributed by atoms with Crippen LogP contribution in [0.25, 0.3) is 10.9 Å². The monoisotopic (exact) mass is 244 g/mol. The van der Waals surface area contributed by atoms with Gasteiger partial charge in [-0.3, -0.25) is 4.79 Å². The van der Waals surface area contributed by atoms with Crippen LogP contribution in [-0.4, -0.2) is 4.98 Å². The molecule has 0 spiro atoms. The van der Waals surface area contributed by atoms with E-state index in [4.69, 9.17) is 17.3 Å². The van der Waals surface area contributed by atoms with Gasteiger partial charge in [0.25, 0.3) is 0 Å². The lowest BCUT2D eigenvalue weighted by molar-refractivity contribution is 1.07. The van der Waals surface area contributed by atoms with E-state index in [2.05, 4.69) is 4.98 Å². The zero-order chi connectivity index (χ0) is 10.1. The highest BCUT2D eigenvalue weighted by Gasteiger charge is 2.01. The summed E-state index contributed by atoms with van der Waals surface area (Å²) < 4.78 is 0.